The number of rotatable bonds is 8. The van der Waals surface area contributed by atoms with E-state index in [-0.39, 0.29) is 17.3 Å². The molecule has 2 aromatic rings. The minimum atomic E-state index is -3.61. The fraction of sp³-hybridized carbons (Fsp3) is 0.429. The van der Waals surface area contributed by atoms with Gasteiger partial charge in [-0.25, -0.2) is 17.5 Å². The highest BCUT2D eigenvalue weighted by molar-refractivity contribution is 7.89. The van der Waals surface area contributed by atoms with Crippen LogP contribution in [0, 0.1) is 20.8 Å². The van der Waals surface area contributed by atoms with Gasteiger partial charge in [-0.05, 0) is 57.9 Å². The Balaban J connectivity index is 2.32. The summed E-state index contributed by atoms with van der Waals surface area (Å²) in [6, 6.07) is 4.28. The fourth-order valence-electron chi connectivity index (χ4n) is 3.20. The number of ether oxygens (including phenoxy) is 1. The molecule has 1 aromatic heterocycles. The SMILES string of the molecule is CCOC(=O)c1c(C)[nH]c(C(=O)C(C)Nc2ccc(C)c(S(=O)(=O)N(C)C)c2)c1C. The van der Waals surface area contributed by atoms with Gasteiger partial charge in [0, 0.05) is 25.5 Å². The van der Waals surface area contributed by atoms with Crippen molar-refractivity contribution in [2.45, 2.75) is 45.6 Å². The van der Waals surface area contributed by atoms with Crippen LogP contribution in [-0.4, -0.2) is 56.2 Å². The van der Waals surface area contributed by atoms with Crippen LogP contribution in [0.25, 0.3) is 0 Å². The summed E-state index contributed by atoms with van der Waals surface area (Å²) < 4.78 is 31.3. The molecule has 0 spiro atoms. The number of hydrogen-bond acceptors (Lipinski definition) is 6. The molecule has 0 bridgehead atoms. The highest BCUT2D eigenvalue weighted by atomic mass is 32.2. The molecule has 1 atom stereocenters. The minimum Gasteiger partial charge on any atom is -0.462 e. The number of aromatic nitrogens is 1. The predicted octanol–water partition coefficient (Wildman–Crippen LogP) is 3.05. The minimum absolute atomic E-state index is 0.175. The van der Waals surface area contributed by atoms with Gasteiger partial charge in [0.25, 0.3) is 0 Å². The maximum Gasteiger partial charge on any atom is 0.340 e. The summed E-state index contributed by atoms with van der Waals surface area (Å²) in [6.07, 6.45) is 0. The zero-order valence-electron chi connectivity index (χ0n) is 18.4. The lowest BCUT2D eigenvalue weighted by atomic mass is 10.0. The molecule has 1 heterocycles. The van der Waals surface area contributed by atoms with E-state index in [4.69, 9.17) is 4.74 Å². The van der Waals surface area contributed by atoms with Crippen molar-refractivity contribution >= 4 is 27.5 Å². The Bertz CT molecular complexity index is 1070. The third-order valence-corrected chi connectivity index (χ3v) is 6.84. The van der Waals surface area contributed by atoms with E-state index in [2.05, 4.69) is 10.3 Å². The molecule has 0 aliphatic heterocycles. The van der Waals surface area contributed by atoms with Gasteiger partial charge in [0.2, 0.25) is 15.8 Å². The van der Waals surface area contributed by atoms with Crippen LogP contribution in [0.5, 0.6) is 0 Å². The van der Waals surface area contributed by atoms with Gasteiger partial charge in [0.05, 0.1) is 28.8 Å². The quantitative estimate of drug-likeness (QED) is 0.487. The monoisotopic (exact) mass is 435 g/mol. The molecule has 1 aromatic carbocycles. The third-order valence-electron chi connectivity index (χ3n) is 4.89. The normalized spacial score (nSPS) is 12.7. The Labute approximate surface area is 177 Å². The smallest absolute Gasteiger partial charge is 0.340 e. The third kappa shape index (κ3) is 4.57. The van der Waals surface area contributed by atoms with Gasteiger partial charge in [-0.3, -0.25) is 4.79 Å². The average molecular weight is 436 g/mol. The summed E-state index contributed by atoms with van der Waals surface area (Å²) in [5.41, 5.74) is 2.91. The number of sulfonamides is 1. The second kappa shape index (κ2) is 9.01. The first-order valence-corrected chi connectivity index (χ1v) is 11.1. The van der Waals surface area contributed by atoms with Crippen molar-refractivity contribution in [1.82, 2.24) is 9.29 Å². The molecule has 0 amide bonds. The lowest BCUT2D eigenvalue weighted by molar-refractivity contribution is 0.0525. The average Bonchev–Trinajstić information content (AvgIpc) is 2.96. The number of esters is 1. The van der Waals surface area contributed by atoms with Crippen molar-refractivity contribution in [2.24, 2.45) is 0 Å². The second-order valence-electron chi connectivity index (χ2n) is 7.34. The van der Waals surface area contributed by atoms with E-state index in [9.17, 15) is 18.0 Å². The van der Waals surface area contributed by atoms with E-state index >= 15 is 0 Å². The van der Waals surface area contributed by atoms with Gasteiger partial charge >= 0.3 is 5.97 Å². The number of nitrogens with zero attached hydrogens (tertiary/aromatic N) is 1. The van der Waals surface area contributed by atoms with E-state index in [1.54, 1.807) is 46.8 Å². The Morgan fingerprint density at radius 1 is 1.20 bits per heavy atom. The maximum atomic E-state index is 13.0. The number of aryl methyl sites for hydroxylation is 2. The zero-order chi connectivity index (χ0) is 22.8. The van der Waals surface area contributed by atoms with Gasteiger partial charge < -0.3 is 15.0 Å². The number of anilines is 1. The summed E-state index contributed by atoms with van der Waals surface area (Å²) in [5, 5.41) is 3.06. The van der Waals surface area contributed by atoms with Gasteiger partial charge in [0.15, 0.2) is 0 Å². The van der Waals surface area contributed by atoms with Gasteiger partial charge in [-0.2, -0.15) is 0 Å². The number of H-pyrrole nitrogens is 1. The number of aromatic amines is 1. The Kier molecular flexibility index (Phi) is 7.10. The van der Waals surface area contributed by atoms with Gasteiger partial charge in [0.1, 0.15) is 0 Å². The number of ketones is 1. The first-order chi connectivity index (χ1) is 13.9. The van der Waals surface area contributed by atoms with E-state index in [1.165, 1.54) is 20.2 Å². The fourth-order valence-corrected chi connectivity index (χ4v) is 4.35. The number of hydrogen-bond donors (Lipinski definition) is 2. The number of benzene rings is 1. The molecule has 0 fully saturated rings. The molecule has 9 heteroatoms. The van der Waals surface area contributed by atoms with Gasteiger partial charge in [-0.15, -0.1) is 0 Å². The lowest BCUT2D eigenvalue weighted by Crippen LogP contribution is -2.28. The number of Topliss-reactive ketones (excluding diaryl/α,β-unsaturated/α-hetero) is 1. The molecule has 2 N–H and O–H groups in total. The number of nitrogens with one attached hydrogen (secondary N) is 2. The summed E-state index contributed by atoms with van der Waals surface area (Å²) in [4.78, 5) is 28.3. The Morgan fingerprint density at radius 3 is 2.40 bits per heavy atom. The van der Waals surface area contributed by atoms with E-state index in [0.29, 0.717) is 33.8 Å². The van der Waals surface area contributed by atoms with Crippen LogP contribution in [0.15, 0.2) is 23.1 Å². The van der Waals surface area contributed by atoms with Crippen molar-refractivity contribution in [2.75, 3.05) is 26.0 Å². The molecule has 0 saturated heterocycles. The summed E-state index contributed by atoms with van der Waals surface area (Å²) >= 11 is 0. The molecule has 30 heavy (non-hydrogen) atoms. The molecule has 0 saturated carbocycles. The molecule has 0 aliphatic rings. The van der Waals surface area contributed by atoms with Crippen LogP contribution in [0.4, 0.5) is 5.69 Å². The second-order valence-corrected chi connectivity index (χ2v) is 9.46. The van der Waals surface area contributed by atoms with Crippen molar-refractivity contribution < 1.29 is 22.7 Å². The first kappa shape index (κ1) is 23.6. The molecular formula is C21H29N3O5S. The van der Waals surface area contributed by atoms with E-state index in [0.717, 1.165) is 4.31 Å². The molecular weight excluding hydrogens is 406 g/mol. The first-order valence-electron chi connectivity index (χ1n) is 9.62. The van der Waals surface area contributed by atoms with Crippen LogP contribution in [0.2, 0.25) is 0 Å². The Hall–Kier alpha value is -2.65. The largest absolute Gasteiger partial charge is 0.462 e. The van der Waals surface area contributed by atoms with Crippen molar-refractivity contribution in [3.8, 4) is 0 Å². The highest BCUT2D eigenvalue weighted by Gasteiger charge is 2.26. The molecule has 8 nitrogen and oxygen atoms in total. The maximum absolute atomic E-state index is 13.0. The molecule has 164 valence electrons. The van der Waals surface area contributed by atoms with Crippen LogP contribution < -0.4 is 5.32 Å². The zero-order valence-corrected chi connectivity index (χ0v) is 19.2. The Morgan fingerprint density at radius 2 is 1.83 bits per heavy atom. The van der Waals surface area contributed by atoms with Crippen LogP contribution in [-0.2, 0) is 14.8 Å². The summed E-state index contributed by atoms with van der Waals surface area (Å²) in [6.45, 7) is 8.78. The highest BCUT2D eigenvalue weighted by Crippen LogP contribution is 2.24. The summed E-state index contributed by atoms with van der Waals surface area (Å²) in [7, 11) is -0.670. The number of carbonyl (C=O) groups is 2. The molecule has 2 rings (SSSR count). The van der Waals surface area contributed by atoms with Crippen LogP contribution >= 0.6 is 0 Å². The predicted molar refractivity (Wildman–Crippen MR) is 116 cm³/mol. The number of carbonyl (C=O) groups excluding carboxylic acids is 2. The molecule has 0 radical (unpaired) electrons. The topological polar surface area (TPSA) is 109 Å². The molecule has 0 aliphatic carbocycles. The summed E-state index contributed by atoms with van der Waals surface area (Å²) in [5.74, 6) is -0.718. The lowest BCUT2D eigenvalue weighted by Gasteiger charge is -2.18. The van der Waals surface area contributed by atoms with Crippen molar-refractivity contribution in [3.05, 3.63) is 46.3 Å². The van der Waals surface area contributed by atoms with Crippen molar-refractivity contribution in [3.63, 3.8) is 0 Å². The van der Waals surface area contributed by atoms with Crippen LogP contribution in [0.1, 0.15) is 51.5 Å². The van der Waals surface area contributed by atoms with Gasteiger partial charge in [-0.1, -0.05) is 6.07 Å². The molecule has 1 unspecified atom stereocenters. The van der Waals surface area contributed by atoms with Crippen LogP contribution in [0.3, 0.4) is 0 Å². The van der Waals surface area contributed by atoms with E-state index in [1.807, 2.05) is 0 Å². The van der Waals surface area contributed by atoms with E-state index < -0.39 is 22.0 Å². The standard InChI is InChI=1S/C21H29N3O5S/c1-8-29-21(26)18-13(3)19(23-14(18)4)20(25)15(5)22-16-10-9-12(2)17(11-16)30(27,28)24(6)7/h9-11,15,22-23H,8H2,1-7H3. The van der Waals surface area contributed by atoms with Crippen molar-refractivity contribution in [1.29, 1.82) is 0 Å².